The molecule has 5 nitrogen and oxygen atoms in total. The lowest BCUT2D eigenvalue weighted by Gasteiger charge is -2.37. The molecule has 2 aliphatic rings. The highest BCUT2D eigenvalue weighted by molar-refractivity contribution is 5.89. The van der Waals surface area contributed by atoms with Gasteiger partial charge in [0.15, 0.2) is 0 Å². The maximum Gasteiger partial charge on any atom is 0.319 e. The molecule has 2 aliphatic heterocycles. The molecule has 26 heavy (non-hydrogen) atoms. The van der Waals surface area contributed by atoms with Crippen molar-refractivity contribution in [3.63, 3.8) is 0 Å². The van der Waals surface area contributed by atoms with Crippen molar-refractivity contribution in [1.29, 1.82) is 0 Å². The van der Waals surface area contributed by atoms with Crippen molar-refractivity contribution in [3.05, 3.63) is 30.1 Å². The van der Waals surface area contributed by atoms with E-state index in [1.54, 1.807) is 12.1 Å². The van der Waals surface area contributed by atoms with Gasteiger partial charge < -0.3 is 20.9 Å². The van der Waals surface area contributed by atoms with Gasteiger partial charge in [-0.15, -0.1) is 12.4 Å². The highest BCUT2D eigenvalue weighted by Crippen LogP contribution is 2.28. The van der Waals surface area contributed by atoms with Crippen LogP contribution in [-0.4, -0.2) is 50.2 Å². The first-order valence-corrected chi connectivity index (χ1v) is 9.26. The Morgan fingerprint density at radius 1 is 1.46 bits per heavy atom. The first-order chi connectivity index (χ1) is 12.0. The SMILES string of the molecule is CC1(CN2CCCC(CNC(=O)Nc3cccc(F)c3)C2)CCNC1.Cl. The summed E-state index contributed by atoms with van der Waals surface area (Å²) in [6.45, 7) is 8.56. The fourth-order valence-corrected chi connectivity index (χ4v) is 3.98. The second-order valence-electron chi connectivity index (χ2n) is 7.83. The van der Waals surface area contributed by atoms with E-state index in [1.165, 1.54) is 25.0 Å². The molecule has 146 valence electrons. The number of anilines is 1. The summed E-state index contributed by atoms with van der Waals surface area (Å²) in [4.78, 5) is 14.6. The van der Waals surface area contributed by atoms with Gasteiger partial charge in [0.2, 0.25) is 0 Å². The Kier molecular flexibility index (Phi) is 7.68. The lowest BCUT2D eigenvalue weighted by Crippen LogP contribution is -2.46. The van der Waals surface area contributed by atoms with Gasteiger partial charge in [-0.1, -0.05) is 13.0 Å². The van der Waals surface area contributed by atoms with Crippen molar-refractivity contribution in [2.45, 2.75) is 26.2 Å². The molecule has 3 rings (SSSR count). The number of benzene rings is 1. The standard InChI is InChI=1S/C19H29FN4O.ClH/c1-19(7-8-21-13-19)14-24-9-3-4-15(12-24)11-22-18(25)23-17-6-2-5-16(20)10-17;/h2,5-6,10,15,21H,3-4,7-9,11-14H2,1H3,(H2,22,23,25);1H. The van der Waals surface area contributed by atoms with Gasteiger partial charge in [-0.3, -0.25) is 0 Å². The largest absolute Gasteiger partial charge is 0.338 e. The predicted molar refractivity (Wildman–Crippen MR) is 105 cm³/mol. The molecule has 2 atom stereocenters. The van der Waals surface area contributed by atoms with Crippen LogP contribution in [0.5, 0.6) is 0 Å². The molecule has 0 saturated carbocycles. The van der Waals surface area contributed by atoms with Gasteiger partial charge >= 0.3 is 6.03 Å². The van der Waals surface area contributed by atoms with Crippen LogP contribution in [0.3, 0.4) is 0 Å². The van der Waals surface area contributed by atoms with Crippen molar-refractivity contribution in [3.8, 4) is 0 Å². The first kappa shape index (κ1) is 20.9. The third kappa shape index (κ3) is 6.11. The number of nitrogens with zero attached hydrogens (tertiary/aromatic N) is 1. The molecule has 7 heteroatoms. The number of piperidine rings is 1. The number of likely N-dealkylation sites (tertiary alicyclic amines) is 1. The summed E-state index contributed by atoms with van der Waals surface area (Å²) in [7, 11) is 0. The second kappa shape index (κ2) is 9.53. The number of carbonyl (C=O) groups is 1. The number of nitrogens with one attached hydrogen (secondary N) is 3. The van der Waals surface area contributed by atoms with Gasteiger partial charge in [0, 0.05) is 31.9 Å². The van der Waals surface area contributed by atoms with Crippen LogP contribution in [0.4, 0.5) is 14.9 Å². The maximum absolute atomic E-state index is 13.2. The molecule has 0 aliphatic carbocycles. The number of urea groups is 1. The molecule has 2 amide bonds. The highest BCUT2D eigenvalue weighted by Gasteiger charge is 2.32. The minimum atomic E-state index is -0.351. The minimum absolute atomic E-state index is 0. The van der Waals surface area contributed by atoms with Crippen molar-refractivity contribution in [2.24, 2.45) is 11.3 Å². The Bertz CT molecular complexity index is 595. The average Bonchev–Trinajstić information content (AvgIpc) is 2.99. The summed E-state index contributed by atoms with van der Waals surface area (Å²) < 4.78 is 13.2. The van der Waals surface area contributed by atoms with E-state index >= 15 is 0 Å². The third-order valence-electron chi connectivity index (χ3n) is 5.30. The molecule has 2 fully saturated rings. The Balaban J connectivity index is 0.00000243. The smallest absolute Gasteiger partial charge is 0.319 e. The number of hydrogen-bond donors (Lipinski definition) is 3. The number of halogens is 2. The zero-order valence-corrected chi connectivity index (χ0v) is 16.2. The van der Waals surface area contributed by atoms with E-state index in [-0.39, 0.29) is 24.3 Å². The Morgan fingerprint density at radius 2 is 2.31 bits per heavy atom. The van der Waals surface area contributed by atoms with E-state index in [0.29, 0.717) is 23.6 Å². The van der Waals surface area contributed by atoms with Crippen LogP contribution in [-0.2, 0) is 0 Å². The molecule has 2 saturated heterocycles. The Hall–Kier alpha value is -1.37. The second-order valence-corrected chi connectivity index (χ2v) is 7.83. The molecular weight excluding hydrogens is 355 g/mol. The van der Waals surface area contributed by atoms with Crippen LogP contribution in [0.2, 0.25) is 0 Å². The third-order valence-corrected chi connectivity index (χ3v) is 5.30. The summed E-state index contributed by atoms with van der Waals surface area (Å²) in [5.41, 5.74) is 0.855. The fourth-order valence-electron chi connectivity index (χ4n) is 3.98. The first-order valence-electron chi connectivity index (χ1n) is 9.26. The maximum atomic E-state index is 13.2. The normalized spacial score (nSPS) is 26.2. The van der Waals surface area contributed by atoms with Crippen LogP contribution in [0, 0.1) is 17.2 Å². The van der Waals surface area contributed by atoms with Crippen LogP contribution >= 0.6 is 12.4 Å². The molecule has 0 radical (unpaired) electrons. The molecule has 0 spiro atoms. The van der Waals surface area contributed by atoms with Crippen molar-refractivity contribution in [2.75, 3.05) is 44.6 Å². The summed E-state index contributed by atoms with van der Waals surface area (Å²) >= 11 is 0. The van der Waals surface area contributed by atoms with Crippen LogP contribution < -0.4 is 16.0 Å². The Morgan fingerprint density at radius 3 is 3.04 bits per heavy atom. The Labute approximate surface area is 161 Å². The van der Waals surface area contributed by atoms with Gasteiger partial charge in [0.1, 0.15) is 5.82 Å². The van der Waals surface area contributed by atoms with Crippen LogP contribution in [0.25, 0.3) is 0 Å². The van der Waals surface area contributed by atoms with Gasteiger partial charge in [-0.25, -0.2) is 9.18 Å². The zero-order valence-electron chi connectivity index (χ0n) is 15.4. The molecule has 1 aromatic carbocycles. The van der Waals surface area contributed by atoms with E-state index < -0.39 is 0 Å². The summed E-state index contributed by atoms with van der Waals surface area (Å²) in [6.07, 6.45) is 3.57. The van der Waals surface area contributed by atoms with Gasteiger partial charge in [-0.05, 0) is 61.9 Å². The molecule has 3 N–H and O–H groups in total. The minimum Gasteiger partial charge on any atom is -0.338 e. The van der Waals surface area contributed by atoms with Gasteiger partial charge in [-0.2, -0.15) is 0 Å². The highest BCUT2D eigenvalue weighted by atomic mass is 35.5. The molecular formula is C19H30ClFN4O. The fraction of sp³-hybridized carbons (Fsp3) is 0.632. The van der Waals surface area contributed by atoms with Crippen molar-refractivity contribution >= 4 is 24.1 Å². The molecule has 1 aromatic rings. The van der Waals surface area contributed by atoms with E-state index in [9.17, 15) is 9.18 Å². The number of carbonyl (C=O) groups excluding carboxylic acids is 1. The average molecular weight is 385 g/mol. The molecule has 2 unspecified atom stereocenters. The van der Waals surface area contributed by atoms with Crippen molar-refractivity contribution in [1.82, 2.24) is 15.5 Å². The number of amides is 2. The summed E-state index contributed by atoms with van der Waals surface area (Å²) in [5, 5.41) is 9.08. The molecule has 2 heterocycles. The number of rotatable bonds is 5. The molecule has 0 bridgehead atoms. The van der Waals surface area contributed by atoms with E-state index in [0.717, 1.165) is 39.1 Å². The van der Waals surface area contributed by atoms with Gasteiger partial charge in [0.05, 0.1) is 0 Å². The van der Waals surface area contributed by atoms with Crippen LogP contribution in [0.1, 0.15) is 26.2 Å². The van der Waals surface area contributed by atoms with E-state index in [4.69, 9.17) is 0 Å². The number of hydrogen-bond acceptors (Lipinski definition) is 3. The lowest BCUT2D eigenvalue weighted by atomic mass is 9.87. The van der Waals surface area contributed by atoms with E-state index in [2.05, 4.69) is 27.8 Å². The van der Waals surface area contributed by atoms with Crippen LogP contribution in [0.15, 0.2) is 24.3 Å². The summed E-state index contributed by atoms with van der Waals surface area (Å²) in [5.74, 6) is 0.126. The van der Waals surface area contributed by atoms with Crippen molar-refractivity contribution < 1.29 is 9.18 Å². The predicted octanol–water partition coefficient (Wildman–Crippen LogP) is 3.08. The molecule has 0 aromatic heterocycles. The lowest BCUT2D eigenvalue weighted by molar-refractivity contribution is 0.120. The van der Waals surface area contributed by atoms with E-state index in [1.807, 2.05) is 0 Å². The topological polar surface area (TPSA) is 56.4 Å². The quantitative estimate of drug-likeness (QED) is 0.731. The monoisotopic (exact) mass is 384 g/mol. The zero-order chi connectivity index (χ0) is 17.7. The summed E-state index contributed by atoms with van der Waals surface area (Å²) in [6, 6.07) is 5.68. The van der Waals surface area contributed by atoms with Gasteiger partial charge in [0.25, 0.3) is 0 Å².